The van der Waals surface area contributed by atoms with Crippen LogP contribution in [-0.2, 0) is 12.8 Å². The summed E-state index contributed by atoms with van der Waals surface area (Å²) in [4.78, 5) is 4.87. The van der Waals surface area contributed by atoms with E-state index < -0.39 is 0 Å². The second-order valence-corrected chi connectivity index (χ2v) is 9.77. The molecule has 2 aliphatic heterocycles. The summed E-state index contributed by atoms with van der Waals surface area (Å²) in [5, 5.41) is 10.0. The Morgan fingerprint density at radius 2 is 1.60 bits per heavy atom. The number of ether oxygens (including phenoxy) is 1. The molecule has 0 radical (unpaired) electrons. The molecular formula is C30H35FN2O2. The number of anilines is 1. The van der Waals surface area contributed by atoms with Crippen LogP contribution in [0.2, 0.25) is 0 Å². The summed E-state index contributed by atoms with van der Waals surface area (Å²) in [7, 11) is 0. The van der Waals surface area contributed by atoms with Crippen molar-refractivity contribution >= 4 is 5.69 Å². The van der Waals surface area contributed by atoms with Crippen LogP contribution in [0.15, 0.2) is 66.7 Å². The molecule has 3 aromatic carbocycles. The molecule has 1 fully saturated rings. The Kier molecular flexibility index (Phi) is 7.53. The summed E-state index contributed by atoms with van der Waals surface area (Å²) in [6.45, 7) is 4.91. The Morgan fingerprint density at radius 3 is 2.34 bits per heavy atom. The van der Waals surface area contributed by atoms with E-state index in [-0.39, 0.29) is 11.9 Å². The van der Waals surface area contributed by atoms with E-state index in [9.17, 15) is 9.50 Å². The quantitative estimate of drug-likeness (QED) is 0.447. The number of phenols is 1. The minimum absolute atomic E-state index is 0.111. The molecule has 1 N–H and O–H groups in total. The molecule has 4 nitrogen and oxygen atoms in total. The monoisotopic (exact) mass is 474 g/mol. The average Bonchev–Trinajstić information content (AvgIpc) is 3.15. The molecule has 1 atom stereocenters. The molecule has 0 bridgehead atoms. The second kappa shape index (κ2) is 11.1. The lowest BCUT2D eigenvalue weighted by Gasteiger charge is -2.39. The first-order valence-electron chi connectivity index (χ1n) is 12.9. The second-order valence-electron chi connectivity index (χ2n) is 9.77. The van der Waals surface area contributed by atoms with Gasteiger partial charge in [-0.1, -0.05) is 31.0 Å². The zero-order valence-electron chi connectivity index (χ0n) is 20.3. The fourth-order valence-corrected chi connectivity index (χ4v) is 5.46. The number of benzene rings is 3. The number of halogens is 1. The molecule has 1 saturated heterocycles. The molecule has 0 spiro atoms. The minimum atomic E-state index is -0.223. The smallest absolute Gasteiger partial charge is 0.123 e. The summed E-state index contributed by atoms with van der Waals surface area (Å²) >= 11 is 0. The maximum absolute atomic E-state index is 13.6. The van der Waals surface area contributed by atoms with E-state index in [1.807, 2.05) is 24.3 Å². The number of hydrogen-bond acceptors (Lipinski definition) is 4. The van der Waals surface area contributed by atoms with Crippen molar-refractivity contribution in [1.82, 2.24) is 4.90 Å². The molecule has 5 rings (SSSR count). The molecule has 0 saturated carbocycles. The van der Waals surface area contributed by atoms with Crippen LogP contribution in [0.25, 0.3) is 0 Å². The van der Waals surface area contributed by atoms with E-state index in [0.717, 1.165) is 44.0 Å². The molecule has 2 heterocycles. The number of hydrogen-bond donors (Lipinski definition) is 1. The van der Waals surface area contributed by atoms with Crippen molar-refractivity contribution in [3.8, 4) is 11.5 Å². The summed E-state index contributed by atoms with van der Waals surface area (Å²) in [5.74, 6) is 0.992. The normalized spacial score (nSPS) is 18.7. The molecule has 5 heteroatoms. The first-order valence-corrected chi connectivity index (χ1v) is 12.9. The largest absolute Gasteiger partial charge is 0.508 e. The van der Waals surface area contributed by atoms with Crippen molar-refractivity contribution in [2.24, 2.45) is 0 Å². The Balaban J connectivity index is 1.27. The van der Waals surface area contributed by atoms with Gasteiger partial charge < -0.3 is 14.7 Å². The van der Waals surface area contributed by atoms with E-state index >= 15 is 0 Å². The van der Waals surface area contributed by atoms with Crippen molar-refractivity contribution < 1.29 is 14.2 Å². The van der Waals surface area contributed by atoms with Crippen LogP contribution >= 0.6 is 0 Å². The van der Waals surface area contributed by atoms with Gasteiger partial charge in [0.05, 0.1) is 6.04 Å². The van der Waals surface area contributed by atoms with Gasteiger partial charge in [-0.2, -0.15) is 0 Å². The maximum atomic E-state index is 13.6. The molecule has 0 aliphatic carbocycles. The lowest BCUT2D eigenvalue weighted by atomic mass is 9.88. The zero-order valence-corrected chi connectivity index (χ0v) is 20.3. The van der Waals surface area contributed by atoms with Gasteiger partial charge in [-0.05, 0) is 104 Å². The number of likely N-dealkylation sites (tertiary alicyclic amines) is 1. The highest BCUT2D eigenvalue weighted by Crippen LogP contribution is 2.37. The van der Waals surface area contributed by atoms with Gasteiger partial charge in [0.25, 0.3) is 0 Å². The maximum Gasteiger partial charge on any atom is 0.123 e. The van der Waals surface area contributed by atoms with Gasteiger partial charge in [0.1, 0.15) is 23.9 Å². The Hall–Kier alpha value is -3.05. The number of nitrogens with zero attached hydrogens (tertiary/aromatic N) is 2. The first kappa shape index (κ1) is 23.7. The highest BCUT2D eigenvalue weighted by atomic mass is 19.1. The third-order valence-corrected chi connectivity index (χ3v) is 7.37. The number of rotatable bonds is 7. The third-order valence-electron chi connectivity index (χ3n) is 7.37. The molecule has 2 aliphatic rings. The number of aromatic hydroxyl groups is 1. The van der Waals surface area contributed by atoms with E-state index in [4.69, 9.17) is 4.74 Å². The van der Waals surface area contributed by atoms with Crippen LogP contribution in [0.4, 0.5) is 10.1 Å². The Labute approximate surface area is 208 Å². The Bertz CT molecular complexity index is 1090. The van der Waals surface area contributed by atoms with Crippen molar-refractivity contribution in [3.63, 3.8) is 0 Å². The van der Waals surface area contributed by atoms with Crippen molar-refractivity contribution in [1.29, 1.82) is 0 Å². The topological polar surface area (TPSA) is 35.9 Å². The molecular weight excluding hydrogens is 439 g/mol. The van der Waals surface area contributed by atoms with Gasteiger partial charge in [-0.3, -0.25) is 4.90 Å². The highest BCUT2D eigenvalue weighted by molar-refractivity contribution is 5.53. The first-order chi connectivity index (χ1) is 17.2. The van der Waals surface area contributed by atoms with Gasteiger partial charge in [0.2, 0.25) is 0 Å². The molecule has 0 aromatic heterocycles. The van der Waals surface area contributed by atoms with Gasteiger partial charge >= 0.3 is 0 Å². The third kappa shape index (κ3) is 5.96. The van der Waals surface area contributed by atoms with E-state index in [1.165, 1.54) is 67.6 Å². The van der Waals surface area contributed by atoms with E-state index in [0.29, 0.717) is 5.75 Å². The zero-order chi connectivity index (χ0) is 24.0. The fraction of sp³-hybridized carbons (Fsp3) is 0.400. The fourth-order valence-electron chi connectivity index (χ4n) is 5.46. The van der Waals surface area contributed by atoms with E-state index in [2.05, 4.69) is 34.1 Å². The standard InChI is InChI=1S/C30H35FN2O2/c31-25-7-9-26(10-8-25)33-18-15-24-22-27(34)11-14-29(24)30(33)21-23-5-12-28(13-6-23)35-20-19-32-16-3-1-2-4-17-32/h5-14,22,30,34H,1-4,15-21H2. The molecule has 35 heavy (non-hydrogen) atoms. The van der Waals surface area contributed by atoms with Gasteiger partial charge in [0, 0.05) is 18.8 Å². The molecule has 1 unspecified atom stereocenters. The summed E-state index contributed by atoms with van der Waals surface area (Å²) < 4.78 is 19.6. The van der Waals surface area contributed by atoms with Gasteiger partial charge in [-0.25, -0.2) is 4.39 Å². The summed E-state index contributed by atoms with van der Waals surface area (Å²) in [5.41, 5.74) is 4.64. The minimum Gasteiger partial charge on any atom is -0.508 e. The summed E-state index contributed by atoms with van der Waals surface area (Å²) in [6, 6.07) is 21.0. The SMILES string of the molecule is Oc1ccc2c(c1)CCN(c1ccc(F)cc1)C2Cc1ccc(OCCN2CCCCCC2)cc1. The highest BCUT2D eigenvalue weighted by Gasteiger charge is 2.28. The predicted octanol–water partition coefficient (Wildman–Crippen LogP) is 6.13. The van der Waals surface area contributed by atoms with Crippen LogP contribution in [0.3, 0.4) is 0 Å². The lowest BCUT2D eigenvalue weighted by molar-refractivity contribution is 0.214. The van der Waals surface area contributed by atoms with Crippen LogP contribution < -0.4 is 9.64 Å². The number of phenolic OH excluding ortho intramolecular Hbond substituents is 1. The number of fused-ring (bicyclic) bond motifs is 1. The molecule has 3 aromatic rings. The van der Waals surface area contributed by atoms with E-state index in [1.54, 1.807) is 6.07 Å². The lowest BCUT2D eigenvalue weighted by Crippen LogP contribution is -2.36. The average molecular weight is 475 g/mol. The van der Waals surface area contributed by atoms with Crippen molar-refractivity contribution in [3.05, 3.63) is 89.2 Å². The predicted molar refractivity (Wildman–Crippen MR) is 139 cm³/mol. The van der Waals surface area contributed by atoms with Gasteiger partial charge in [0.15, 0.2) is 0 Å². The molecule has 0 amide bonds. The van der Waals surface area contributed by atoms with Crippen molar-refractivity contribution in [2.75, 3.05) is 37.7 Å². The van der Waals surface area contributed by atoms with Gasteiger partial charge in [-0.15, -0.1) is 0 Å². The van der Waals surface area contributed by atoms with Crippen LogP contribution in [0.1, 0.15) is 48.4 Å². The van der Waals surface area contributed by atoms with Crippen LogP contribution in [0, 0.1) is 5.82 Å². The van der Waals surface area contributed by atoms with Crippen LogP contribution in [-0.4, -0.2) is 42.8 Å². The van der Waals surface area contributed by atoms with Crippen molar-refractivity contribution in [2.45, 2.75) is 44.6 Å². The Morgan fingerprint density at radius 1 is 0.857 bits per heavy atom. The molecule has 184 valence electrons. The summed E-state index contributed by atoms with van der Waals surface area (Å²) in [6.07, 6.45) is 6.97. The van der Waals surface area contributed by atoms with Crippen LogP contribution in [0.5, 0.6) is 11.5 Å².